The van der Waals surface area contributed by atoms with Gasteiger partial charge in [-0.15, -0.1) is 0 Å². The van der Waals surface area contributed by atoms with Crippen LogP contribution in [0.1, 0.15) is 23.7 Å². The van der Waals surface area contributed by atoms with Crippen molar-refractivity contribution in [2.75, 3.05) is 6.61 Å². The molecule has 0 aliphatic carbocycles. The van der Waals surface area contributed by atoms with E-state index in [2.05, 4.69) is 15.9 Å². The summed E-state index contributed by atoms with van der Waals surface area (Å²) in [6, 6.07) is 17.9. The molecule has 0 aliphatic heterocycles. The molecule has 0 atom stereocenters. The summed E-state index contributed by atoms with van der Waals surface area (Å²) >= 11 is 3.48. The van der Waals surface area contributed by atoms with Gasteiger partial charge in [-0.1, -0.05) is 37.3 Å². The van der Waals surface area contributed by atoms with Gasteiger partial charge in [-0.25, -0.2) is 9.59 Å². The van der Waals surface area contributed by atoms with Gasteiger partial charge >= 0.3 is 11.6 Å². The first kappa shape index (κ1) is 19.2. The Morgan fingerprint density at radius 3 is 2.66 bits per heavy atom. The third-order valence-corrected chi connectivity index (χ3v) is 5.25. The van der Waals surface area contributed by atoms with E-state index in [1.54, 1.807) is 24.3 Å². The van der Waals surface area contributed by atoms with Crippen molar-refractivity contribution in [1.82, 2.24) is 0 Å². The van der Waals surface area contributed by atoms with Crippen LogP contribution in [0.25, 0.3) is 21.7 Å². The van der Waals surface area contributed by atoms with Crippen LogP contribution in [-0.4, -0.2) is 12.6 Å². The van der Waals surface area contributed by atoms with Crippen molar-refractivity contribution in [3.8, 4) is 11.5 Å². The third kappa shape index (κ3) is 3.89. The van der Waals surface area contributed by atoms with Crippen LogP contribution in [0, 0.1) is 0 Å². The van der Waals surface area contributed by atoms with E-state index in [0.29, 0.717) is 33.5 Å². The Bertz CT molecular complexity index is 1280. The Balaban J connectivity index is 1.65. The number of hydrogen-bond acceptors (Lipinski definition) is 5. The lowest BCUT2D eigenvalue weighted by molar-refractivity contribution is 0.0729. The van der Waals surface area contributed by atoms with Crippen LogP contribution in [0.4, 0.5) is 0 Å². The highest BCUT2D eigenvalue weighted by atomic mass is 79.9. The highest BCUT2D eigenvalue weighted by Crippen LogP contribution is 2.33. The lowest BCUT2D eigenvalue weighted by atomic mass is 10.1. The predicted octanol–water partition coefficient (Wildman–Crippen LogP) is 5.72. The average molecular weight is 453 g/mol. The van der Waals surface area contributed by atoms with E-state index in [4.69, 9.17) is 13.9 Å². The third-order valence-electron chi connectivity index (χ3n) is 4.43. The van der Waals surface area contributed by atoms with Crippen molar-refractivity contribution in [1.29, 1.82) is 0 Å². The molecule has 6 heteroatoms. The lowest BCUT2D eigenvalue weighted by Gasteiger charge is -2.09. The molecule has 146 valence electrons. The minimum Gasteiger partial charge on any atom is -0.493 e. The quantitative estimate of drug-likeness (QED) is 0.220. The molecule has 0 fully saturated rings. The zero-order valence-electron chi connectivity index (χ0n) is 15.6. The maximum Gasteiger partial charge on any atom is 0.351 e. The molecule has 5 nitrogen and oxygen atoms in total. The molecule has 1 aromatic heterocycles. The van der Waals surface area contributed by atoms with Crippen molar-refractivity contribution in [3.63, 3.8) is 0 Å². The molecule has 4 rings (SSSR count). The van der Waals surface area contributed by atoms with Crippen molar-refractivity contribution in [2.24, 2.45) is 0 Å². The first-order chi connectivity index (χ1) is 14.1. The second-order valence-corrected chi connectivity index (χ2v) is 7.28. The molecule has 0 aliphatic rings. The number of hydrogen-bond donors (Lipinski definition) is 0. The maximum absolute atomic E-state index is 12.6. The van der Waals surface area contributed by atoms with E-state index in [9.17, 15) is 9.59 Å². The SMILES string of the molecule is CCCOc1ccc2cc(C(=O)Oc3ccc4ccccc4c3Br)c(=O)oc2c1. The van der Waals surface area contributed by atoms with E-state index < -0.39 is 11.6 Å². The van der Waals surface area contributed by atoms with E-state index in [1.807, 2.05) is 37.3 Å². The monoisotopic (exact) mass is 452 g/mol. The zero-order chi connectivity index (χ0) is 20.4. The number of carbonyl (C=O) groups excluding carboxylic acids is 1. The molecule has 0 amide bonds. The molecular weight excluding hydrogens is 436 g/mol. The van der Waals surface area contributed by atoms with Crippen LogP contribution in [0.15, 0.2) is 74.3 Å². The second-order valence-electron chi connectivity index (χ2n) is 6.48. The molecular formula is C23H17BrO5. The van der Waals surface area contributed by atoms with Crippen LogP contribution in [0.3, 0.4) is 0 Å². The van der Waals surface area contributed by atoms with Gasteiger partial charge in [0.1, 0.15) is 22.6 Å². The summed E-state index contributed by atoms with van der Waals surface area (Å²) in [4.78, 5) is 25.0. The van der Waals surface area contributed by atoms with Crippen molar-refractivity contribution in [2.45, 2.75) is 13.3 Å². The minimum atomic E-state index is -0.775. The van der Waals surface area contributed by atoms with Gasteiger partial charge < -0.3 is 13.9 Å². The summed E-state index contributed by atoms with van der Waals surface area (Å²) < 4.78 is 17.0. The molecule has 0 radical (unpaired) electrons. The van der Waals surface area contributed by atoms with Gasteiger partial charge in [0.15, 0.2) is 0 Å². The first-order valence-electron chi connectivity index (χ1n) is 9.17. The molecule has 0 saturated carbocycles. The Hall–Kier alpha value is -3.12. The number of halogens is 1. The number of benzene rings is 3. The molecule has 4 aromatic rings. The van der Waals surface area contributed by atoms with Crippen LogP contribution in [0.5, 0.6) is 11.5 Å². The Labute approximate surface area is 175 Å². The Kier molecular flexibility index (Phi) is 5.36. The molecule has 0 saturated heterocycles. The first-order valence-corrected chi connectivity index (χ1v) is 9.96. The van der Waals surface area contributed by atoms with Gasteiger partial charge in [0.25, 0.3) is 0 Å². The van der Waals surface area contributed by atoms with Gasteiger partial charge in [0, 0.05) is 11.5 Å². The predicted molar refractivity (Wildman–Crippen MR) is 115 cm³/mol. The van der Waals surface area contributed by atoms with E-state index in [0.717, 1.165) is 17.2 Å². The normalized spacial score (nSPS) is 11.0. The van der Waals surface area contributed by atoms with Crippen molar-refractivity contribution >= 4 is 43.6 Å². The van der Waals surface area contributed by atoms with Crippen LogP contribution < -0.4 is 15.1 Å². The fourth-order valence-electron chi connectivity index (χ4n) is 2.99. The Morgan fingerprint density at radius 1 is 1.03 bits per heavy atom. The van der Waals surface area contributed by atoms with Gasteiger partial charge in [-0.05, 0) is 57.4 Å². The molecule has 0 N–H and O–H groups in total. The second kappa shape index (κ2) is 8.09. The lowest BCUT2D eigenvalue weighted by Crippen LogP contribution is -2.18. The summed E-state index contributed by atoms with van der Waals surface area (Å²) in [5, 5.41) is 2.52. The number of fused-ring (bicyclic) bond motifs is 2. The largest absolute Gasteiger partial charge is 0.493 e. The highest BCUT2D eigenvalue weighted by molar-refractivity contribution is 9.10. The van der Waals surface area contributed by atoms with Gasteiger partial charge in [0.2, 0.25) is 0 Å². The fraction of sp³-hybridized carbons (Fsp3) is 0.130. The molecule has 0 bridgehead atoms. The van der Waals surface area contributed by atoms with E-state index >= 15 is 0 Å². The van der Waals surface area contributed by atoms with Gasteiger partial charge in [-0.3, -0.25) is 0 Å². The molecule has 0 spiro atoms. The fourth-order valence-corrected chi connectivity index (χ4v) is 3.57. The summed E-state index contributed by atoms with van der Waals surface area (Å²) in [6.45, 7) is 2.58. The maximum atomic E-state index is 12.6. The summed E-state index contributed by atoms with van der Waals surface area (Å²) in [7, 11) is 0. The zero-order valence-corrected chi connectivity index (χ0v) is 17.2. The average Bonchev–Trinajstić information content (AvgIpc) is 2.73. The van der Waals surface area contributed by atoms with Crippen LogP contribution in [-0.2, 0) is 0 Å². The van der Waals surface area contributed by atoms with Crippen molar-refractivity contribution < 1.29 is 18.7 Å². The number of rotatable bonds is 5. The number of carbonyl (C=O) groups is 1. The summed E-state index contributed by atoms with van der Waals surface area (Å²) in [5.41, 5.74) is -0.570. The molecule has 0 unspecified atom stereocenters. The van der Waals surface area contributed by atoms with Gasteiger partial charge in [0.05, 0.1) is 11.1 Å². The van der Waals surface area contributed by atoms with Crippen LogP contribution >= 0.6 is 15.9 Å². The standard InChI is InChI=1S/C23H17BrO5/c1-2-11-27-16-9-7-15-12-18(23(26)29-20(15)13-16)22(25)28-19-10-8-14-5-3-4-6-17(14)21(19)24/h3-10,12-13H,2,11H2,1H3. The summed E-state index contributed by atoms with van der Waals surface area (Å²) in [6.07, 6.45) is 0.872. The molecule has 1 heterocycles. The molecule has 29 heavy (non-hydrogen) atoms. The van der Waals surface area contributed by atoms with Gasteiger partial charge in [-0.2, -0.15) is 0 Å². The minimum absolute atomic E-state index is 0.167. The van der Waals surface area contributed by atoms with E-state index in [1.165, 1.54) is 6.07 Å². The summed E-state index contributed by atoms with van der Waals surface area (Å²) in [5.74, 6) is 0.164. The topological polar surface area (TPSA) is 65.7 Å². The smallest absolute Gasteiger partial charge is 0.351 e. The van der Waals surface area contributed by atoms with Crippen LogP contribution in [0.2, 0.25) is 0 Å². The number of ether oxygens (including phenoxy) is 2. The number of esters is 1. The van der Waals surface area contributed by atoms with Crippen molar-refractivity contribution in [3.05, 3.63) is 81.1 Å². The van der Waals surface area contributed by atoms with E-state index in [-0.39, 0.29) is 5.56 Å². The molecule has 3 aromatic carbocycles. The Morgan fingerprint density at radius 2 is 1.83 bits per heavy atom. The highest BCUT2D eigenvalue weighted by Gasteiger charge is 2.18.